The molecule has 0 rings (SSSR count). The zero-order chi connectivity index (χ0) is 50.0. The van der Waals surface area contributed by atoms with Crippen molar-refractivity contribution in [2.45, 2.75) is 379 Å². The largest absolute Gasteiger partial charge is 0.466 e. The van der Waals surface area contributed by atoms with Crippen molar-refractivity contribution in [1.82, 2.24) is 5.32 Å². The molecule has 0 spiro atoms. The Hall–Kier alpha value is -1.14. The highest BCUT2D eigenvalue weighted by Crippen LogP contribution is 2.19. The fourth-order valence-corrected chi connectivity index (χ4v) is 10.3. The van der Waals surface area contributed by atoms with E-state index < -0.39 is 12.1 Å². The van der Waals surface area contributed by atoms with Gasteiger partial charge in [-0.3, -0.25) is 9.59 Å². The number of aliphatic hydroxyl groups is 2. The van der Waals surface area contributed by atoms with Crippen LogP contribution >= 0.6 is 0 Å². The maximum Gasteiger partial charge on any atom is 0.305 e. The first kappa shape index (κ1) is 67.9. The lowest BCUT2D eigenvalue weighted by Crippen LogP contribution is -2.45. The van der Waals surface area contributed by atoms with Crippen LogP contribution in [0.3, 0.4) is 0 Å². The Morgan fingerprint density at radius 2 is 0.594 bits per heavy atom. The van der Waals surface area contributed by atoms with E-state index in [0.29, 0.717) is 25.9 Å². The molecule has 0 aromatic carbocycles. The summed E-state index contributed by atoms with van der Waals surface area (Å²) in [6.07, 6.45) is 69.6. The van der Waals surface area contributed by atoms with Crippen LogP contribution in [0.15, 0.2) is 0 Å². The van der Waals surface area contributed by atoms with E-state index in [2.05, 4.69) is 19.2 Å². The van der Waals surface area contributed by atoms with E-state index in [4.69, 9.17) is 4.74 Å². The van der Waals surface area contributed by atoms with Gasteiger partial charge in [0, 0.05) is 12.8 Å². The highest BCUT2D eigenvalue weighted by atomic mass is 16.5. The highest BCUT2D eigenvalue weighted by Gasteiger charge is 2.20. The van der Waals surface area contributed by atoms with Gasteiger partial charge >= 0.3 is 5.97 Å². The first-order valence-electron chi connectivity index (χ1n) is 31.8. The van der Waals surface area contributed by atoms with Crippen molar-refractivity contribution in [3.8, 4) is 0 Å². The molecule has 6 heteroatoms. The van der Waals surface area contributed by atoms with Gasteiger partial charge in [0.05, 0.1) is 25.4 Å². The number of ether oxygens (including phenoxy) is 1. The highest BCUT2D eigenvalue weighted by molar-refractivity contribution is 5.76. The Kier molecular flexibility index (Phi) is 58.4. The number of rotatable bonds is 60. The Morgan fingerprint density at radius 3 is 0.884 bits per heavy atom. The van der Waals surface area contributed by atoms with Crippen molar-refractivity contribution in [2.75, 3.05) is 13.2 Å². The molecular formula is C63H125NO5. The molecule has 0 aliphatic carbocycles. The lowest BCUT2D eigenvalue weighted by atomic mass is 10.0. The van der Waals surface area contributed by atoms with Crippen molar-refractivity contribution in [2.24, 2.45) is 0 Å². The molecule has 2 unspecified atom stereocenters. The van der Waals surface area contributed by atoms with Crippen LogP contribution in [0.1, 0.15) is 367 Å². The van der Waals surface area contributed by atoms with E-state index in [1.54, 1.807) is 0 Å². The first-order chi connectivity index (χ1) is 34.0. The third kappa shape index (κ3) is 56.0. The first-order valence-corrected chi connectivity index (χ1v) is 31.8. The summed E-state index contributed by atoms with van der Waals surface area (Å²) in [5.74, 6) is -0.0426. The molecule has 0 aromatic heterocycles. The molecule has 0 aliphatic heterocycles. The van der Waals surface area contributed by atoms with Gasteiger partial charge in [-0.2, -0.15) is 0 Å². The van der Waals surface area contributed by atoms with Gasteiger partial charge in [0.25, 0.3) is 0 Å². The van der Waals surface area contributed by atoms with Gasteiger partial charge in [-0.05, 0) is 25.7 Å². The number of aliphatic hydroxyl groups excluding tert-OH is 2. The number of amides is 1. The fourth-order valence-electron chi connectivity index (χ4n) is 10.3. The summed E-state index contributed by atoms with van der Waals surface area (Å²) in [6, 6.07) is -0.551. The smallest absolute Gasteiger partial charge is 0.305 e. The van der Waals surface area contributed by atoms with Crippen molar-refractivity contribution in [1.29, 1.82) is 0 Å². The van der Waals surface area contributed by atoms with Crippen molar-refractivity contribution in [3.63, 3.8) is 0 Å². The fraction of sp³-hybridized carbons (Fsp3) is 0.968. The Labute approximate surface area is 432 Å². The summed E-state index contributed by atoms with van der Waals surface area (Å²) < 4.78 is 5.49. The number of nitrogens with one attached hydrogen (secondary N) is 1. The molecule has 0 aliphatic rings. The van der Waals surface area contributed by atoms with Crippen LogP contribution in [0.5, 0.6) is 0 Å². The molecule has 0 radical (unpaired) electrons. The third-order valence-corrected chi connectivity index (χ3v) is 15.2. The summed E-state index contributed by atoms with van der Waals surface area (Å²) in [5.41, 5.74) is 0. The van der Waals surface area contributed by atoms with E-state index in [1.807, 2.05) is 0 Å². The molecule has 69 heavy (non-hydrogen) atoms. The van der Waals surface area contributed by atoms with Crippen LogP contribution in [0.25, 0.3) is 0 Å². The van der Waals surface area contributed by atoms with E-state index in [0.717, 1.165) is 51.4 Å². The normalized spacial score (nSPS) is 12.5. The van der Waals surface area contributed by atoms with Crippen LogP contribution in [0.2, 0.25) is 0 Å². The summed E-state index contributed by atoms with van der Waals surface area (Å²) in [4.78, 5) is 24.6. The van der Waals surface area contributed by atoms with Gasteiger partial charge in [0.15, 0.2) is 0 Å². The molecule has 3 N–H and O–H groups in total. The number of hydrogen-bond acceptors (Lipinski definition) is 5. The maximum absolute atomic E-state index is 12.5. The summed E-state index contributed by atoms with van der Waals surface area (Å²) >= 11 is 0. The Balaban J connectivity index is 3.42. The minimum atomic E-state index is -0.673. The van der Waals surface area contributed by atoms with Gasteiger partial charge in [0.1, 0.15) is 0 Å². The molecule has 0 saturated carbocycles. The number of unbranched alkanes of at least 4 members (excludes halogenated alkanes) is 49. The number of hydrogen-bond donors (Lipinski definition) is 3. The topological polar surface area (TPSA) is 95.9 Å². The lowest BCUT2D eigenvalue weighted by Gasteiger charge is -2.22. The average molecular weight is 977 g/mol. The molecular weight excluding hydrogens is 851 g/mol. The minimum absolute atomic E-state index is 0.000231. The maximum atomic E-state index is 12.5. The van der Waals surface area contributed by atoms with Gasteiger partial charge < -0.3 is 20.3 Å². The Morgan fingerprint density at radius 1 is 0.348 bits per heavy atom. The molecule has 2 atom stereocenters. The van der Waals surface area contributed by atoms with Crippen LogP contribution in [-0.4, -0.2) is 47.4 Å². The third-order valence-electron chi connectivity index (χ3n) is 15.2. The molecule has 412 valence electrons. The molecule has 0 bridgehead atoms. The average Bonchev–Trinajstić information content (AvgIpc) is 3.35. The predicted octanol–water partition coefficient (Wildman–Crippen LogP) is 19.9. The summed E-state index contributed by atoms with van der Waals surface area (Å²) in [6.45, 7) is 4.97. The van der Waals surface area contributed by atoms with Crippen molar-refractivity contribution >= 4 is 11.9 Å². The van der Waals surface area contributed by atoms with Crippen LogP contribution in [0, 0.1) is 0 Å². The van der Waals surface area contributed by atoms with Gasteiger partial charge in [-0.25, -0.2) is 0 Å². The number of carbonyl (C=O) groups excluding carboxylic acids is 2. The van der Waals surface area contributed by atoms with Crippen LogP contribution in [-0.2, 0) is 14.3 Å². The lowest BCUT2D eigenvalue weighted by molar-refractivity contribution is -0.143. The zero-order valence-corrected chi connectivity index (χ0v) is 47.1. The summed E-state index contributed by atoms with van der Waals surface area (Å²) in [5, 5.41) is 23.4. The minimum Gasteiger partial charge on any atom is -0.466 e. The van der Waals surface area contributed by atoms with E-state index in [-0.39, 0.29) is 18.5 Å². The second-order valence-corrected chi connectivity index (χ2v) is 22.1. The van der Waals surface area contributed by atoms with E-state index in [1.165, 1.54) is 283 Å². The SMILES string of the molecule is CCCCCCCCCCCCCCCCCCCCCCCCCC(O)C(CO)NC(=O)CCCCCCCCCCCCCCCOC(=O)CCCCCCCCCCCCCCCCCC. The van der Waals surface area contributed by atoms with E-state index >= 15 is 0 Å². The summed E-state index contributed by atoms with van der Waals surface area (Å²) in [7, 11) is 0. The Bertz CT molecular complexity index is 990. The quantitative estimate of drug-likeness (QED) is 0.0417. The molecule has 0 fully saturated rings. The van der Waals surface area contributed by atoms with Gasteiger partial charge in [0.2, 0.25) is 5.91 Å². The van der Waals surface area contributed by atoms with Crippen molar-refractivity contribution in [3.05, 3.63) is 0 Å². The molecule has 0 saturated heterocycles. The standard InChI is InChI=1S/C63H125NO5/c1-3-5-7-9-11-13-15-17-19-21-22-23-24-25-26-27-28-31-35-39-43-47-51-55-61(66)60(59-65)64-62(67)56-52-48-44-40-36-32-30-34-38-42-46-50-54-58-69-63(68)57-53-49-45-41-37-33-29-20-18-16-14-12-10-8-6-4-2/h60-61,65-66H,3-59H2,1-2H3,(H,64,67). The van der Waals surface area contributed by atoms with Crippen LogP contribution < -0.4 is 5.32 Å². The second kappa shape index (κ2) is 59.4. The van der Waals surface area contributed by atoms with Crippen LogP contribution in [0.4, 0.5) is 0 Å². The zero-order valence-electron chi connectivity index (χ0n) is 47.1. The van der Waals surface area contributed by atoms with Gasteiger partial charge in [-0.1, -0.05) is 328 Å². The molecule has 1 amide bonds. The van der Waals surface area contributed by atoms with E-state index in [9.17, 15) is 19.8 Å². The molecule has 0 heterocycles. The predicted molar refractivity (Wildman–Crippen MR) is 301 cm³/mol. The van der Waals surface area contributed by atoms with Gasteiger partial charge in [-0.15, -0.1) is 0 Å². The monoisotopic (exact) mass is 976 g/mol. The molecule has 6 nitrogen and oxygen atoms in total. The second-order valence-electron chi connectivity index (χ2n) is 22.1. The number of carbonyl (C=O) groups is 2. The number of esters is 1. The van der Waals surface area contributed by atoms with Crippen molar-refractivity contribution < 1.29 is 24.5 Å². The molecule has 0 aromatic rings.